The van der Waals surface area contributed by atoms with Gasteiger partial charge >= 0.3 is 5.97 Å². The number of nitrogens with one attached hydrogen (secondary N) is 1. The van der Waals surface area contributed by atoms with E-state index in [4.69, 9.17) is 4.74 Å². The molecule has 0 aliphatic rings. The van der Waals surface area contributed by atoms with Crippen molar-refractivity contribution in [1.29, 1.82) is 0 Å². The summed E-state index contributed by atoms with van der Waals surface area (Å²) >= 11 is 2.16. The highest BCUT2D eigenvalue weighted by Gasteiger charge is 2.20. The Hall–Kier alpha value is -1.31. The molecule has 98 valence electrons. The van der Waals surface area contributed by atoms with E-state index in [1.807, 2.05) is 18.2 Å². The van der Waals surface area contributed by atoms with Gasteiger partial charge in [0.2, 0.25) is 5.91 Å². The molecule has 1 rings (SSSR count). The van der Waals surface area contributed by atoms with Crippen LogP contribution in [0.25, 0.3) is 0 Å². The van der Waals surface area contributed by atoms with Gasteiger partial charge in [-0.2, -0.15) is 0 Å². The van der Waals surface area contributed by atoms with Crippen LogP contribution in [0.2, 0.25) is 0 Å². The second-order valence-corrected chi connectivity index (χ2v) is 4.79. The number of amides is 1. The molecule has 0 aliphatic heterocycles. The van der Waals surface area contributed by atoms with Gasteiger partial charge in [0.25, 0.3) is 0 Å². The average molecular weight is 363 g/mol. The third-order valence-corrected chi connectivity index (χ3v) is 2.75. The van der Waals surface area contributed by atoms with Crippen LogP contribution < -0.4 is 10.1 Å². The average Bonchev–Trinajstić information content (AvgIpc) is 2.33. The smallest absolute Gasteiger partial charge is 0.331 e. The fraction of sp³-hybridized carbons (Fsp3) is 0.333. The van der Waals surface area contributed by atoms with E-state index in [0.717, 1.165) is 3.57 Å². The minimum atomic E-state index is -0.801. The van der Waals surface area contributed by atoms with Crippen LogP contribution >= 0.6 is 22.6 Å². The molecular formula is C12H14INO4. The summed E-state index contributed by atoms with van der Waals surface area (Å²) in [7, 11) is 1.27. The van der Waals surface area contributed by atoms with E-state index in [-0.39, 0.29) is 12.5 Å². The molecule has 5 nitrogen and oxygen atoms in total. The van der Waals surface area contributed by atoms with Crippen molar-refractivity contribution in [3.8, 4) is 5.75 Å². The second kappa shape index (κ2) is 7.20. The topological polar surface area (TPSA) is 64.6 Å². The maximum absolute atomic E-state index is 11.4. The molecule has 1 aromatic carbocycles. The molecule has 0 bridgehead atoms. The number of hydrogen-bond donors (Lipinski definition) is 1. The Morgan fingerprint density at radius 2 is 2.17 bits per heavy atom. The fourth-order valence-corrected chi connectivity index (χ4v) is 1.81. The molecule has 1 N–H and O–H groups in total. The van der Waals surface area contributed by atoms with Crippen molar-refractivity contribution in [2.45, 2.75) is 13.0 Å². The largest absolute Gasteiger partial charge is 0.491 e. The molecule has 0 radical (unpaired) electrons. The van der Waals surface area contributed by atoms with Crippen LogP contribution in [-0.4, -0.2) is 31.6 Å². The molecule has 1 unspecified atom stereocenters. The normalized spacial score (nSPS) is 11.5. The zero-order valence-electron chi connectivity index (χ0n) is 10.1. The lowest BCUT2D eigenvalue weighted by Gasteiger charge is -2.16. The minimum Gasteiger partial charge on any atom is -0.491 e. The zero-order chi connectivity index (χ0) is 13.5. The Morgan fingerprint density at radius 3 is 2.72 bits per heavy atom. The van der Waals surface area contributed by atoms with Gasteiger partial charge in [-0.25, -0.2) is 4.79 Å². The van der Waals surface area contributed by atoms with Crippen molar-refractivity contribution < 1.29 is 19.1 Å². The third kappa shape index (κ3) is 4.91. The predicted molar refractivity (Wildman–Crippen MR) is 74.3 cm³/mol. The van der Waals surface area contributed by atoms with Gasteiger partial charge in [0.05, 0.1) is 7.11 Å². The van der Waals surface area contributed by atoms with E-state index < -0.39 is 12.0 Å². The molecule has 6 heteroatoms. The van der Waals surface area contributed by atoms with Crippen LogP contribution in [0.4, 0.5) is 0 Å². The van der Waals surface area contributed by atoms with Crippen LogP contribution in [0.1, 0.15) is 6.92 Å². The maximum Gasteiger partial charge on any atom is 0.331 e. The summed E-state index contributed by atoms with van der Waals surface area (Å²) in [5.74, 6) is -0.200. The van der Waals surface area contributed by atoms with Crippen molar-refractivity contribution in [3.63, 3.8) is 0 Å². The van der Waals surface area contributed by atoms with Gasteiger partial charge in [-0.05, 0) is 40.8 Å². The first-order valence-electron chi connectivity index (χ1n) is 5.26. The molecule has 1 atom stereocenters. The Labute approximate surface area is 119 Å². The Balaban J connectivity index is 2.61. The lowest BCUT2D eigenvalue weighted by molar-refractivity contribution is -0.145. The molecular weight excluding hydrogens is 349 g/mol. The van der Waals surface area contributed by atoms with Gasteiger partial charge in [0.15, 0.2) is 6.04 Å². The van der Waals surface area contributed by atoms with Gasteiger partial charge in [-0.1, -0.05) is 6.07 Å². The quantitative estimate of drug-likeness (QED) is 0.634. The number of esters is 1. The van der Waals surface area contributed by atoms with Crippen LogP contribution in [-0.2, 0) is 14.3 Å². The predicted octanol–water partition coefficient (Wildman–Crippen LogP) is 1.35. The van der Waals surface area contributed by atoms with Gasteiger partial charge in [0.1, 0.15) is 12.4 Å². The number of benzene rings is 1. The molecule has 0 heterocycles. The first kappa shape index (κ1) is 14.7. The number of ether oxygens (including phenoxy) is 2. The Bertz CT molecular complexity index is 436. The summed E-state index contributed by atoms with van der Waals surface area (Å²) in [5.41, 5.74) is 0. The van der Waals surface area contributed by atoms with Gasteiger partial charge < -0.3 is 14.8 Å². The van der Waals surface area contributed by atoms with E-state index in [9.17, 15) is 9.59 Å². The van der Waals surface area contributed by atoms with Crippen LogP contribution in [0.3, 0.4) is 0 Å². The van der Waals surface area contributed by atoms with Crippen LogP contribution in [0.15, 0.2) is 24.3 Å². The van der Waals surface area contributed by atoms with E-state index in [1.54, 1.807) is 6.07 Å². The van der Waals surface area contributed by atoms with Gasteiger partial charge in [-0.3, -0.25) is 4.79 Å². The fourth-order valence-electron chi connectivity index (χ4n) is 1.29. The third-order valence-electron chi connectivity index (χ3n) is 2.08. The summed E-state index contributed by atoms with van der Waals surface area (Å²) in [6.45, 7) is 1.37. The number of rotatable bonds is 5. The molecule has 1 aromatic rings. The molecule has 18 heavy (non-hydrogen) atoms. The van der Waals surface area contributed by atoms with E-state index in [0.29, 0.717) is 5.75 Å². The van der Waals surface area contributed by atoms with Crippen LogP contribution in [0, 0.1) is 3.57 Å². The van der Waals surface area contributed by atoms with Crippen LogP contribution in [0.5, 0.6) is 5.75 Å². The summed E-state index contributed by atoms with van der Waals surface area (Å²) in [6, 6.07) is 6.60. The van der Waals surface area contributed by atoms with Gasteiger partial charge in [0, 0.05) is 10.5 Å². The SMILES string of the molecule is COC(=O)C(COc1cccc(I)c1)NC(C)=O. The molecule has 0 aliphatic carbocycles. The van der Waals surface area contributed by atoms with E-state index in [1.165, 1.54) is 14.0 Å². The Morgan fingerprint density at radius 1 is 1.44 bits per heavy atom. The second-order valence-electron chi connectivity index (χ2n) is 3.54. The highest BCUT2D eigenvalue weighted by molar-refractivity contribution is 14.1. The highest BCUT2D eigenvalue weighted by atomic mass is 127. The first-order valence-corrected chi connectivity index (χ1v) is 6.34. The standard InChI is InChI=1S/C12H14INO4/c1-8(15)14-11(12(16)17-2)7-18-10-5-3-4-9(13)6-10/h3-6,11H,7H2,1-2H3,(H,14,15). The van der Waals surface area contributed by atoms with Crippen molar-refractivity contribution in [2.24, 2.45) is 0 Å². The van der Waals surface area contributed by atoms with Gasteiger partial charge in [-0.15, -0.1) is 0 Å². The minimum absolute atomic E-state index is 0.0341. The maximum atomic E-state index is 11.4. The summed E-state index contributed by atoms with van der Waals surface area (Å²) in [4.78, 5) is 22.4. The van der Waals surface area contributed by atoms with Crippen molar-refractivity contribution >= 4 is 34.5 Å². The lowest BCUT2D eigenvalue weighted by Crippen LogP contribution is -2.44. The molecule has 0 saturated heterocycles. The van der Waals surface area contributed by atoms with E-state index >= 15 is 0 Å². The number of halogens is 1. The number of carbonyl (C=O) groups is 2. The number of carbonyl (C=O) groups excluding carboxylic acids is 2. The van der Waals surface area contributed by atoms with Crippen molar-refractivity contribution in [2.75, 3.05) is 13.7 Å². The van der Waals surface area contributed by atoms with E-state index in [2.05, 4.69) is 32.6 Å². The molecule has 1 amide bonds. The highest BCUT2D eigenvalue weighted by Crippen LogP contribution is 2.14. The monoisotopic (exact) mass is 363 g/mol. The number of hydrogen-bond acceptors (Lipinski definition) is 4. The Kier molecular flexibility index (Phi) is 5.90. The first-order chi connectivity index (χ1) is 8.52. The molecule has 0 saturated carbocycles. The molecule has 0 spiro atoms. The zero-order valence-corrected chi connectivity index (χ0v) is 12.3. The summed E-state index contributed by atoms with van der Waals surface area (Å²) in [6.07, 6.45) is 0. The number of methoxy groups -OCH3 is 1. The molecule has 0 aromatic heterocycles. The van der Waals surface area contributed by atoms with Crippen molar-refractivity contribution in [1.82, 2.24) is 5.32 Å². The van der Waals surface area contributed by atoms with Crippen molar-refractivity contribution in [3.05, 3.63) is 27.8 Å². The lowest BCUT2D eigenvalue weighted by atomic mass is 10.3. The summed E-state index contributed by atoms with van der Waals surface area (Å²) < 4.78 is 11.1. The molecule has 0 fully saturated rings. The summed E-state index contributed by atoms with van der Waals surface area (Å²) in [5, 5.41) is 2.48.